The van der Waals surface area contributed by atoms with Gasteiger partial charge in [0.1, 0.15) is 31.0 Å². The number of carbonyl (C=O) groups is 2. The van der Waals surface area contributed by atoms with Crippen LogP contribution in [0.1, 0.15) is 277 Å². The summed E-state index contributed by atoms with van der Waals surface area (Å²) in [6.07, 6.45) is 42.6. The quantitative estimate of drug-likeness (QED) is 0.0343. The van der Waals surface area contributed by atoms with E-state index in [1.807, 2.05) is 0 Å². The predicted octanol–water partition coefficient (Wildman–Crippen LogP) is 13.3. The Hall–Kier alpha value is -1.30. The molecule has 64 heavy (non-hydrogen) atoms. The zero-order valence-electron chi connectivity index (χ0n) is 41.8. The molecule has 10 nitrogen and oxygen atoms in total. The van der Waals surface area contributed by atoms with Crippen molar-refractivity contribution in [1.29, 1.82) is 0 Å². The monoisotopic (exact) mass is 913 g/mol. The van der Waals surface area contributed by atoms with E-state index < -0.39 is 49.4 Å². The second kappa shape index (κ2) is 45.5. The van der Waals surface area contributed by atoms with Gasteiger partial charge in [0.2, 0.25) is 0 Å². The fraction of sp³-hybridized carbons (Fsp3) is 0.963. The number of hydrogen-bond donors (Lipinski definition) is 4. The lowest BCUT2D eigenvalue weighted by molar-refractivity contribution is -0.305. The summed E-state index contributed by atoms with van der Waals surface area (Å²) in [6, 6.07) is 0. The van der Waals surface area contributed by atoms with Gasteiger partial charge in [-0.3, -0.25) is 9.59 Å². The minimum Gasteiger partial charge on any atom is -0.462 e. The zero-order valence-corrected chi connectivity index (χ0v) is 41.8. The SMILES string of the molecule is CCCCCCCCCCCCCCCCCCCCCCCCC(=O)O[C@H](COC(=O)CCCCCCCCCCCCCCCCCCC)CO[C@@H]1O[C@H](CO)[C@H](O)C(O)C1O. The summed E-state index contributed by atoms with van der Waals surface area (Å²) in [5.41, 5.74) is 0. The van der Waals surface area contributed by atoms with Crippen molar-refractivity contribution in [3.8, 4) is 0 Å². The number of esters is 2. The van der Waals surface area contributed by atoms with Crippen LogP contribution in [-0.4, -0.2) is 89.0 Å². The molecule has 1 fully saturated rings. The highest BCUT2D eigenvalue weighted by atomic mass is 16.7. The molecule has 0 spiro atoms. The van der Waals surface area contributed by atoms with E-state index >= 15 is 0 Å². The maximum atomic E-state index is 12.9. The van der Waals surface area contributed by atoms with Crippen molar-refractivity contribution in [1.82, 2.24) is 0 Å². The molecule has 4 N–H and O–H groups in total. The average Bonchev–Trinajstić information content (AvgIpc) is 3.29. The van der Waals surface area contributed by atoms with E-state index in [0.717, 1.165) is 32.1 Å². The fourth-order valence-corrected chi connectivity index (χ4v) is 8.90. The second-order valence-electron chi connectivity index (χ2n) is 19.4. The lowest BCUT2D eigenvalue weighted by Gasteiger charge is -2.39. The molecule has 0 aliphatic carbocycles. The molecular formula is C54H104O10. The molecule has 1 aliphatic heterocycles. The van der Waals surface area contributed by atoms with Crippen molar-refractivity contribution < 1.29 is 49.0 Å². The van der Waals surface area contributed by atoms with Crippen LogP contribution in [0.3, 0.4) is 0 Å². The van der Waals surface area contributed by atoms with E-state index in [9.17, 15) is 30.0 Å². The topological polar surface area (TPSA) is 152 Å². The smallest absolute Gasteiger partial charge is 0.306 e. The molecule has 6 atom stereocenters. The Labute approximate surface area is 393 Å². The molecule has 1 aliphatic rings. The second-order valence-corrected chi connectivity index (χ2v) is 19.4. The van der Waals surface area contributed by atoms with Gasteiger partial charge in [0.25, 0.3) is 0 Å². The first-order valence-corrected chi connectivity index (χ1v) is 27.6. The molecule has 0 amide bonds. The van der Waals surface area contributed by atoms with E-state index in [1.165, 1.54) is 212 Å². The first-order chi connectivity index (χ1) is 31.3. The molecule has 1 saturated heterocycles. The summed E-state index contributed by atoms with van der Waals surface area (Å²) < 4.78 is 22.3. The summed E-state index contributed by atoms with van der Waals surface area (Å²) in [6.45, 7) is 3.49. The van der Waals surface area contributed by atoms with Gasteiger partial charge in [0.05, 0.1) is 13.2 Å². The Morgan fingerprint density at radius 3 is 1.06 bits per heavy atom. The van der Waals surface area contributed by atoms with E-state index in [2.05, 4.69) is 13.8 Å². The van der Waals surface area contributed by atoms with Crippen LogP contribution in [0.4, 0.5) is 0 Å². The van der Waals surface area contributed by atoms with Gasteiger partial charge in [-0.05, 0) is 12.8 Å². The maximum absolute atomic E-state index is 12.9. The molecule has 1 heterocycles. The molecule has 0 aromatic heterocycles. The van der Waals surface area contributed by atoms with Gasteiger partial charge in [-0.25, -0.2) is 0 Å². The van der Waals surface area contributed by atoms with Crippen LogP contribution in [0.15, 0.2) is 0 Å². The lowest BCUT2D eigenvalue weighted by Crippen LogP contribution is -2.59. The number of rotatable bonds is 48. The third kappa shape index (κ3) is 35.8. The molecule has 0 saturated carbocycles. The first kappa shape index (κ1) is 60.7. The Kier molecular flexibility index (Phi) is 43.1. The molecule has 1 rings (SSSR count). The number of unbranched alkanes of at least 4 members (excludes halogenated alkanes) is 37. The first-order valence-electron chi connectivity index (χ1n) is 27.6. The molecule has 2 unspecified atom stereocenters. The van der Waals surface area contributed by atoms with Crippen LogP contribution in [-0.2, 0) is 28.5 Å². The minimum atomic E-state index is -1.59. The largest absolute Gasteiger partial charge is 0.462 e. The standard InChI is InChI=1S/C54H104O10/c1-3-5-7-9-11-13-15-17-19-21-22-23-24-25-27-29-31-33-35-37-39-41-43-50(57)63-47(46-62-54-53(60)52(59)51(58)48(44-55)64-54)45-61-49(56)42-40-38-36-34-32-30-28-26-20-18-16-14-12-10-8-6-4-2/h47-48,51-55,58-60H,3-46H2,1-2H3/t47-,48-,51+,52?,53?,54-/m1/s1. The molecule has 10 heteroatoms. The van der Waals surface area contributed by atoms with E-state index in [-0.39, 0.29) is 32.0 Å². The number of aliphatic hydroxyl groups is 4. The molecule has 0 radical (unpaired) electrons. The van der Waals surface area contributed by atoms with E-state index in [4.69, 9.17) is 18.9 Å². The van der Waals surface area contributed by atoms with Gasteiger partial charge in [-0.1, -0.05) is 251 Å². The Bertz CT molecular complexity index is 1010. The third-order valence-corrected chi connectivity index (χ3v) is 13.2. The van der Waals surface area contributed by atoms with E-state index in [0.29, 0.717) is 6.42 Å². The van der Waals surface area contributed by atoms with Gasteiger partial charge in [-0.15, -0.1) is 0 Å². The minimum absolute atomic E-state index is 0.208. The van der Waals surface area contributed by atoms with Crippen molar-refractivity contribution in [2.45, 2.75) is 314 Å². The zero-order chi connectivity index (χ0) is 46.6. The number of aliphatic hydroxyl groups excluding tert-OH is 4. The van der Waals surface area contributed by atoms with Crippen LogP contribution in [0, 0.1) is 0 Å². The average molecular weight is 913 g/mol. The van der Waals surface area contributed by atoms with Gasteiger partial charge in [0.15, 0.2) is 12.4 Å². The summed E-state index contributed by atoms with van der Waals surface area (Å²) in [5, 5.41) is 40.2. The lowest BCUT2D eigenvalue weighted by atomic mass is 9.99. The molecular weight excluding hydrogens is 809 g/mol. The highest BCUT2D eigenvalue weighted by Crippen LogP contribution is 2.23. The van der Waals surface area contributed by atoms with Crippen LogP contribution in [0.5, 0.6) is 0 Å². The molecule has 0 aromatic rings. The number of hydrogen-bond acceptors (Lipinski definition) is 10. The fourth-order valence-electron chi connectivity index (χ4n) is 8.90. The van der Waals surface area contributed by atoms with Crippen LogP contribution in [0.2, 0.25) is 0 Å². The van der Waals surface area contributed by atoms with Crippen LogP contribution >= 0.6 is 0 Å². The highest BCUT2D eigenvalue weighted by Gasteiger charge is 2.44. The summed E-state index contributed by atoms with van der Waals surface area (Å²) >= 11 is 0. The predicted molar refractivity (Wildman–Crippen MR) is 261 cm³/mol. The summed E-state index contributed by atoms with van der Waals surface area (Å²) in [7, 11) is 0. The van der Waals surface area contributed by atoms with Gasteiger partial charge in [-0.2, -0.15) is 0 Å². The Morgan fingerprint density at radius 1 is 0.422 bits per heavy atom. The number of carbonyl (C=O) groups excluding carboxylic acids is 2. The molecule has 0 aromatic carbocycles. The van der Waals surface area contributed by atoms with Crippen molar-refractivity contribution in [2.24, 2.45) is 0 Å². The normalized spacial score (nSPS) is 19.2. The van der Waals surface area contributed by atoms with Crippen LogP contribution in [0.25, 0.3) is 0 Å². The summed E-state index contributed by atoms with van der Waals surface area (Å²) in [4.78, 5) is 25.5. The van der Waals surface area contributed by atoms with E-state index in [1.54, 1.807) is 0 Å². The van der Waals surface area contributed by atoms with Crippen molar-refractivity contribution in [3.63, 3.8) is 0 Å². The van der Waals surface area contributed by atoms with Crippen molar-refractivity contribution in [2.75, 3.05) is 19.8 Å². The summed E-state index contributed by atoms with van der Waals surface area (Å²) in [5.74, 6) is -0.783. The molecule has 0 bridgehead atoms. The Morgan fingerprint density at radius 2 is 0.734 bits per heavy atom. The van der Waals surface area contributed by atoms with Gasteiger partial charge >= 0.3 is 11.9 Å². The third-order valence-electron chi connectivity index (χ3n) is 13.2. The van der Waals surface area contributed by atoms with Crippen molar-refractivity contribution >= 4 is 11.9 Å². The number of ether oxygens (including phenoxy) is 4. The Balaban J connectivity index is 2.20. The van der Waals surface area contributed by atoms with Gasteiger partial charge in [0, 0.05) is 12.8 Å². The van der Waals surface area contributed by atoms with Crippen molar-refractivity contribution in [3.05, 3.63) is 0 Å². The molecule has 380 valence electrons. The maximum Gasteiger partial charge on any atom is 0.306 e. The van der Waals surface area contributed by atoms with Gasteiger partial charge < -0.3 is 39.4 Å². The highest BCUT2D eigenvalue weighted by molar-refractivity contribution is 5.70. The van der Waals surface area contributed by atoms with Crippen LogP contribution < -0.4 is 0 Å².